The van der Waals surface area contributed by atoms with Crippen molar-refractivity contribution in [3.8, 4) is 0 Å². The lowest BCUT2D eigenvalue weighted by Crippen LogP contribution is -2.41. The van der Waals surface area contributed by atoms with Crippen molar-refractivity contribution in [3.05, 3.63) is 0 Å². The first-order valence-electron chi connectivity index (χ1n) is 6.13. The van der Waals surface area contributed by atoms with Crippen LogP contribution in [0.5, 0.6) is 0 Å². The summed E-state index contributed by atoms with van der Waals surface area (Å²) in [7, 11) is -1.60. The summed E-state index contributed by atoms with van der Waals surface area (Å²) in [6.07, 6.45) is 1.69. The molecule has 0 radical (unpaired) electrons. The molecule has 1 aliphatic rings. The quantitative estimate of drug-likeness (QED) is 0.771. The van der Waals surface area contributed by atoms with Crippen LogP contribution < -0.4 is 5.32 Å². The maximum Gasteiger partial charge on any atom is 0.220 e. The van der Waals surface area contributed by atoms with Crippen molar-refractivity contribution < 1.29 is 9.22 Å². The molecule has 1 fully saturated rings. The van der Waals surface area contributed by atoms with Gasteiger partial charge in [0.05, 0.1) is 0 Å². The molecule has 0 aromatic carbocycles. The van der Waals surface area contributed by atoms with Gasteiger partial charge in [0.1, 0.15) is 0 Å². The average Bonchev–Trinajstić information content (AvgIpc) is 2.49. The van der Waals surface area contributed by atoms with Crippen LogP contribution in [-0.4, -0.2) is 27.4 Å². The number of hydrogen-bond acceptors (Lipinski definition) is 2. The van der Waals surface area contributed by atoms with Crippen LogP contribution in [0.3, 0.4) is 0 Å². The fraction of sp³-hybridized carbons (Fsp3) is 0.917. The van der Waals surface area contributed by atoms with Crippen LogP contribution in [0, 0.1) is 5.92 Å². The van der Waals surface area contributed by atoms with Gasteiger partial charge in [-0.3, -0.25) is 4.79 Å². The highest BCUT2D eigenvalue weighted by molar-refractivity contribution is 6.74. The van der Waals surface area contributed by atoms with Crippen molar-refractivity contribution in [2.45, 2.75) is 51.7 Å². The normalized spacial score (nSPS) is 22.3. The molecule has 0 aromatic heterocycles. The molecule has 1 saturated heterocycles. The molecule has 4 heteroatoms. The zero-order valence-electron chi connectivity index (χ0n) is 11.2. The zero-order chi connectivity index (χ0) is 12.4. The first-order chi connectivity index (χ1) is 7.22. The van der Waals surface area contributed by atoms with Gasteiger partial charge in [-0.25, -0.2) is 0 Å². The smallest absolute Gasteiger partial charge is 0.220 e. The fourth-order valence-corrected chi connectivity index (χ4v) is 2.63. The Balaban J connectivity index is 2.27. The summed E-state index contributed by atoms with van der Waals surface area (Å²) in [6, 6.07) is 0. The third-order valence-corrected chi connectivity index (χ3v) is 8.40. The summed E-state index contributed by atoms with van der Waals surface area (Å²) in [5.41, 5.74) is 0. The Kier molecular flexibility index (Phi) is 4.18. The van der Waals surface area contributed by atoms with Crippen molar-refractivity contribution in [1.29, 1.82) is 0 Å². The lowest BCUT2D eigenvalue weighted by atomic mass is 10.1. The highest BCUT2D eigenvalue weighted by atomic mass is 28.4. The first kappa shape index (κ1) is 13.7. The van der Waals surface area contributed by atoms with Gasteiger partial charge in [0.25, 0.3) is 0 Å². The van der Waals surface area contributed by atoms with Crippen LogP contribution in [0.15, 0.2) is 0 Å². The molecule has 94 valence electrons. The Hall–Kier alpha value is -0.353. The average molecular weight is 243 g/mol. The summed E-state index contributed by atoms with van der Waals surface area (Å²) in [4.78, 5) is 11.0. The van der Waals surface area contributed by atoms with Gasteiger partial charge in [0.2, 0.25) is 5.91 Å². The van der Waals surface area contributed by atoms with Gasteiger partial charge in [0.15, 0.2) is 8.32 Å². The Morgan fingerprint density at radius 2 is 2.06 bits per heavy atom. The van der Waals surface area contributed by atoms with Gasteiger partial charge in [-0.1, -0.05) is 20.8 Å². The summed E-state index contributed by atoms with van der Waals surface area (Å²) in [5, 5.41) is 3.14. The Morgan fingerprint density at radius 3 is 2.50 bits per heavy atom. The molecular weight excluding hydrogens is 218 g/mol. The van der Waals surface area contributed by atoms with Crippen molar-refractivity contribution >= 4 is 14.2 Å². The standard InChI is InChI=1S/C12H25NO2Si/c1-12(2,3)16(4,5)15-7-6-10-8-11(14)13-9-10/h10H,6-9H2,1-5H3,(H,13,14). The van der Waals surface area contributed by atoms with Crippen LogP contribution in [-0.2, 0) is 9.22 Å². The third-order valence-electron chi connectivity index (χ3n) is 3.86. The first-order valence-corrected chi connectivity index (χ1v) is 9.04. The molecule has 0 aliphatic carbocycles. The number of carbonyl (C=O) groups is 1. The predicted molar refractivity (Wildman–Crippen MR) is 68.9 cm³/mol. The van der Waals surface area contributed by atoms with Crippen molar-refractivity contribution in [2.24, 2.45) is 5.92 Å². The monoisotopic (exact) mass is 243 g/mol. The van der Waals surface area contributed by atoms with E-state index in [0.717, 1.165) is 19.6 Å². The molecule has 1 aliphatic heterocycles. The van der Waals surface area contributed by atoms with Gasteiger partial charge < -0.3 is 9.74 Å². The van der Waals surface area contributed by atoms with E-state index in [4.69, 9.17) is 4.43 Å². The van der Waals surface area contributed by atoms with Gasteiger partial charge in [0, 0.05) is 19.6 Å². The van der Waals surface area contributed by atoms with E-state index < -0.39 is 8.32 Å². The minimum atomic E-state index is -1.60. The van der Waals surface area contributed by atoms with E-state index in [-0.39, 0.29) is 10.9 Å². The molecule has 1 amide bonds. The van der Waals surface area contributed by atoms with E-state index in [1.807, 2.05) is 0 Å². The molecule has 0 spiro atoms. The lowest BCUT2D eigenvalue weighted by Gasteiger charge is -2.36. The highest BCUT2D eigenvalue weighted by Gasteiger charge is 2.37. The van der Waals surface area contributed by atoms with Gasteiger partial charge >= 0.3 is 0 Å². The molecule has 1 heterocycles. The van der Waals surface area contributed by atoms with E-state index in [9.17, 15) is 4.79 Å². The SMILES string of the molecule is CC(C)(C)[Si](C)(C)OCCC1CNC(=O)C1. The van der Waals surface area contributed by atoms with E-state index in [1.165, 1.54) is 0 Å². The molecule has 0 aromatic rings. The van der Waals surface area contributed by atoms with Crippen molar-refractivity contribution in [3.63, 3.8) is 0 Å². The predicted octanol–water partition coefficient (Wildman–Crippen LogP) is 2.53. The Morgan fingerprint density at radius 1 is 1.44 bits per heavy atom. The second-order valence-electron chi connectivity index (χ2n) is 6.27. The van der Waals surface area contributed by atoms with E-state index >= 15 is 0 Å². The number of rotatable bonds is 4. The molecule has 1 rings (SSSR count). The van der Waals surface area contributed by atoms with E-state index in [2.05, 4.69) is 39.2 Å². The zero-order valence-corrected chi connectivity index (χ0v) is 12.2. The second kappa shape index (κ2) is 4.88. The van der Waals surface area contributed by atoms with Crippen LogP contribution in [0.1, 0.15) is 33.6 Å². The molecule has 16 heavy (non-hydrogen) atoms. The minimum absolute atomic E-state index is 0.192. The number of hydrogen-bond donors (Lipinski definition) is 1. The molecule has 1 N–H and O–H groups in total. The van der Waals surface area contributed by atoms with E-state index in [1.54, 1.807) is 0 Å². The van der Waals surface area contributed by atoms with Crippen LogP contribution in [0.4, 0.5) is 0 Å². The molecule has 3 nitrogen and oxygen atoms in total. The van der Waals surface area contributed by atoms with Crippen LogP contribution in [0.25, 0.3) is 0 Å². The Bertz CT molecular complexity index is 258. The summed E-state index contributed by atoms with van der Waals surface area (Å²) in [5.74, 6) is 0.676. The van der Waals surface area contributed by atoms with Crippen molar-refractivity contribution in [1.82, 2.24) is 5.32 Å². The number of carbonyl (C=O) groups excluding carboxylic acids is 1. The fourth-order valence-electron chi connectivity index (χ4n) is 1.57. The lowest BCUT2D eigenvalue weighted by molar-refractivity contribution is -0.119. The molecule has 1 atom stereocenters. The Labute approximate surface area is 100 Å². The summed E-state index contributed by atoms with van der Waals surface area (Å²) >= 11 is 0. The molecule has 1 unspecified atom stereocenters. The molecule has 0 saturated carbocycles. The number of nitrogens with one attached hydrogen (secondary N) is 1. The largest absolute Gasteiger partial charge is 0.417 e. The van der Waals surface area contributed by atoms with Gasteiger partial charge in [-0.15, -0.1) is 0 Å². The van der Waals surface area contributed by atoms with Crippen molar-refractivity contribution in [2.75, 3.05) is 13.2 Å². The van der Waals surface area contributed by atoms with E-state index in [0.29, 0.717) is 12.3 Å². The van der Waals surface area contributed by atoms with Gasteiger partial charge in [-0.05, 0) is 30.5 Å². The summed E-state index contributed by atoms with van der Waals surface area (Å²) < 4.78 is 6.09. The molecule has 0 bridgehead atoms. The minimum Gasteiger partial charge on any atom is -0.417 e. The topological polar surface area (TPSA) is 38.3 Å². The van der Waals surface area contributed by atoms with Gasteiger partial charge in [-0.2, -0.15) is 0 Å². The molecular formula is C12H25NO2Si. The number of amides is 1. The van der Waals surface area contributed by atoms with Crippen LogP contribution >= 0.6 is 0 Å². The second-order valence-corrected chi connectivity index (χ2v) is 11.1. The maximum atomic E-state index is 11.0. The summed E-state index contributed by atoms with van der Waals surface area (Å²) in [6.45, 7) is 12.9. The maximum absolute atomic E-state index is 11.0. The highest BCUT2D eigenvalue weighted by Crippen LogP contribution is 2.36. The van der Waals surface area contributed by atoms with Crippen LogP contribution in [0.2, 0.25) is 18.1 Å². The third kappa shape index (κ3) is 3.59.